The van der Waals surface area contributed by atoms with E-state index in [4.69, 9.17) is 9.84 Å². The lowest BCUT2D eigenvalue weighted by Crippen LogP contribution is -2.12. The largest absolute Gasteiger partial charge is 0.394 e. The molecule has 6 nitrogen and oxygen atoms in total. The Labute approximate surface area is 169 Å². The van der Waals surface area contributed by atoms with E-state index in [1.165, 1.54) is 5.56 Å². The number of nitrogens with zero attached hydrogens (tertiary/aromatic N) is 3. The number of aliphatic hydroxyl groups is 1. The molecule has 2 heterocycles. The summed E-state index contributed by atoms with van der Waals surface area (Å²) in [5.74, 6) is 0.771. The van der Waals surface area contributed by atoms with Crippen LogP contribution >= 0.6 is 0 Å². The minimum absolute atomic E-state index is 0.0231. The lowest BCUT2D eigenvalue weighted by Gasteiger charge is -2.09. The molecule has 0 saturated heterocycles. The lowest BCUT2D eigenvalue weighted by molar-refractivity contribution is 0.0992. The van der Waals surface area contributed by atoms with Crippen LogP contribution in [-0.4, -0.2) is 46.0 Å². The Bertz CT molecular complexity index is 1090. The summed E-state index contributed by atoms with van der Waals surface area (Å²) in [6.45, 7) is 3.53. The number of aryl methyl sites for hydroxylation is 1. The zero-order chi connectivity index (χ0) is 20.1. The van der Waals surface area contributed by atoms with Crippen LogP contribution in [0.2, 0.25) is 0 Å². The quantitative estimate of drug-likeness (QED) is 0.449. The van der Waals surface area contributed by atoms with Gasteiger partial charge in [-0.2, -0.15) is 0 Å². The van der Waals surface area contributed by atoms with Crippen molar-refractivity contribution >= 4 is 16.9 Å². The minimum Gasteiger partial charge on any atom is -0.394 e. The summed E-state index contributed by atoms with van der Waals surface area (Å²) in [7, 11) is 0. The lowest BCUT2D eigenvalue weighted by atomic mass is 10.1. The van der Waals surface area contributed by atoms with Crippen LogP contribution < -0.4 is 5.32 Å². The third-order valence-corrected chi connectivity index (χ3v) is 4.72. The number of aromatic nitrogens is 3. The number of nitrogens with one attached hydrogen (secondary N) is 1. The van der Waals surface area contributed by atoms with Crippen LogP contribution in [0, 0.1) is 6.92 Å². The molecule has 0 aliphatic heterocycles. The van der Waals surface area contributed by atoms with E-state index in [1.807, 2.05) is 18.2 Å². The zero-order valence-corrected chi connectivity index (χ0v) is 16.4. The molecule has 2 aromatic carbocycles. The molecule has 2 aromatic heterocycles. The van der Waals surface area contributed by atoms with Gasteiger partial charge in [0, 0.05) is 24.0 Å². The molecule has 0 atom stereocenters. The summed E-state index contributed by atoms with van der Waals surface area (Å²) in [6.07, 6.45) is 3.71. The SMILES string of the molecule is Cc1cccc(-n2cc(-c3ccccc3)c3c(NCCOCCO)ncnc32)c1. The highest BCUT2D eigenvalue weighted by molar-refractivity contribution is 6.02. The number of hydrogen-bond donors (Lipinski definition) is 2. The van der Waals surface area contributed by atoms with Gasteiger partial charge in [0.2, 0.25) is 0 Å². The van der Waals surface area contributed by atoms with Gasteiger partial charge in [-0.1, -0.05) is 42.5 Å². The Balaban J connectivity index is 1.81. The maximum Gasteiger partial charge on any atom is 0.150 e. The highest BCUT2D eigenvalue weighted by atomic mass is 16.5. The molecular weight excluding hydrogens is 364 g/mol. The van der Waals surface area contributed by atoms with Gasteiger partial charge in [0.1, 0.15) is 12.1 Å². The standard InChI is InChI=1S/C23H24N4O2/c1-17-6-5-9-19(14-17)27-15-20(18-7-3-2-4-8-18)21-22(25-16-26-23(21)27)24-10-12-29-13-11-28/h2-9,14-16,28H,10-13H2,1H3,(H,24,25,26). The molecular formula is C23H24N4O2. The highest BCUT2D eigenvalue weighted by Crippen LogP contribution is 2.35. The van der Waals surface area contributed by atoms with Crippen molar-refractivity contribution in [2.45, 2.75) is 6.92 Å². The van der Waals surface area contributed by atoms with Crippen LogP contribution in [0.1, 0.15) is 5.56 Å². The molecule has 148 valence electrons. The van der Waals surface area contributed by atoms with Crippen molar-refractivity contribution in [3.63, 3.8) is 0 Å². The van der Waals surface area contributed by atoms with Crippen LogP contribution in [-0.2, 0) is 4.74 Å². The van der Waals surface area contributed by atoms with Crippen LogP contribution in [0.15, 0.2) is 67.1 Å². The van der Waals surface area contributed by atoms with Crippen molar-refractivity contribution in [1.29, 1.82) is 0 Å². The van der Waals surface area contributed by atoms with E-state index in [-0.39, 0.29) is 6.61 Å². The van der Waals surface area contributed by atoms with Crippen molar-refractivity contribution in [3.05, 3.63) is 72.7 Å². The first kappa shape index (κ1) is 19.1. The maximum absolute atomic E-state index is 8.85. The third-order valence-electron chi connectivity index (χ3n) is 4.72. The Morgan fingerprint density at radius 2 is 1.90 bits per heavy atom. The average molecular weight is 388 g/mol. The molecule has 0 unspecified atom stereocenters. The van der Waals surface area contributed by atoms with Crippen molar-refractivity contribution < 1.29 is 9.84 Å². The Hall–Kier alpha value is -3.22. The van der Waals surface area contributed by atoms with E-state index in [0.717, 1.165) is 33.7 Å². The number of ether oxygens (including phenoxy) is 1. The van der Waals surface area contributed by atoms with Gasteiger partial charge in [-0.05, 0) is 30.2 Å². The molecule has 6 heteroatoms. The molecule has 0 amide bonds. The highest BCUT2D eigenvalue weighted by Gasteiger charge is 2.17. The first-order chi connectivity index (χ1) is 14.3. The molecule has 29 heavy (non-hydrogen) atoms. The van der Waals surface area contributed by atoms with Gasteiger partial charge in [-0.3, -0.25) is 0 Å². The number of anilines is 1. The molecule has 0 bridgehead atoms. The molecule has 0 radical (unpaired) electrons. The van der Waals surface area contributed by atoms with Crippen molar-refractivity contribution in [2.75, 3.05) is 31.7 Å². The van der Waals surface area contributed by atoms with Crippen molar-refractivity contribution in [2.24, 2.45) is 0 Å². The van der Waals surface area contributed by atoms with E-state index < -0.39 is 0 Å². The fourth-order valence-corrected chi connectivity index (χ4v) is 3.42. The van der Waals surface area contributed by atoms with Gasteiger partial charge >= 0.3 is 0 Å². The van der Waals surface area contributed by atoms with Gasteiger partial charge in [0.05, 0.1) is 25.2 Å². The van der Waals surface area contributed by atoms with E-state index in [0.29, 0.717) is 19.8 Å². The van der Waals surface area contributed by atoms with Gasteiger partial charge < -0.3 is 19.7 Å². The Morgan fingerprint density at radius 3 is 2.69 bits per heavy atom. The van der Waals surface area contributed by atoms with Gasteiger partial charge in [-0.25, -0.2) is 9.97 Å². The normalized spacial score (nSPS) is 11.1. The van der Waals surface area contributed by atoms with E-state index in [9.17, 15) is 0 Å². The number of benzene rings is 2. The summed E-state index contributed by atoms with van der Waals surface area (Å²) in [4.78, 5) is 9.09. The fourth-order valence-electron chi connectivity index (χ4n) is 3.42. The minimum atomic E-state index is 0.0231. The number of hydrogen-bond acceptors (Lipinski definition) is 5. The second kappa shape index (κ2) is 8.86. The molecule has 0 aliphatic rings. The van der Waals surface area contributed by atoms with E-state index in [2.05, 4.69) is 69.4 Å². The topological polar surface area (TPSA) is 72.2 Å². The van der Waals surface area contributed by atoms with Crippen molar-refractivity contribution in [1.82, 2.24) is 14.5 Å². The summed E-state index contributed by atoms with van der Waals surface area (Å²) in [5.41, 5.74) is 5.29. The van der Waals surface area contributed by atoms with Crippen LogP contribution in [0.25, 0.3) is 27.8 Å². The molecule has 0 fully saturated rings. The molecule has 4 aromatic rings. The van der Waals surface area contributed by atoms with Crippen LogP contribution in [0.4, 0.5) is 5.82 Å². The number of aliphatic hydroxyl groups excluding tert-OH is 1. The molecule has 4 rings (SSSR count). The molecule has 0 saturated carbocycles. The molecule has 2 N–H and O–H groups in total. The number of fused-ring (bicyclic) bond motifs is 1. The predicted octanol–water partition coefficient (Wildman–Crippen LogP) is 3.82. The zero-order valence-electron chi connectivity index (χ0n) is 16.4. The summed E-state index contributed by atoms with van der Waals surface area (Å²) in [5, 5.41) is 13.2. The fraction of sp³-hybridized carbons (Fsp3) is 0.217. The van der Waals surface area contributed by atoms with Gasteiger partial charge in [-0.15, -0.1) is 0 Å². The molecule has 0 spiro atoms. The number of rotatable bonds is 8. The van der Waals surface area contributed by atoms with Gasteiger partial charge in [0.25, 0.3) is 0 Å². The average Bonchev–Trinajstić information content (AvgIpc) is 3.15. The smallest absolute Gasteiger partial charge is 0.150 e. The monoisotopic (exact) mass is 388 g/mol. The Kier molecular flexibility index (Phi) is 5.84. The van der Waals surface area contributed by atoms with Crippen molar-refractivity contribution in [3.8, 4) is 16.8 Å². The van der Waals surface area contributed by atoms with Crippen LogP contribution in [0.3, 0.4) is 0 Å². The van der Waals surface area contributed by atoms with Crippen LogP contribution in [0.5, 0.6) is 0 Å². The Morgan fingerprint density at radius 1 is 1.03 bits per heavy atom. The first-order valence-electron chi connectivity index (χ1n) is 9.69. The summed E-state index contributed by atoms with van der Waals surface area (Å²) < 4.78 is 7.47. The van der Waals surface area contributed by atoms with Gasteiger partial charge in [0.15, 0.2) is 5.65 Å². The van der Waals surface area contributed by atoms with E-state index >= 15 is 0 Å². The predicted molar refractivity (Wildman–Crippen MR) is 115 cm³/mol. The molecule has 0 aliphatic carbocycles. The second-order valence-electron chi connectivity index (χ2n) is 6.80. The third kappa shape index (κ3) is 4.13. The maximum atomic E-state index is 8.85. The first-order valence-corrected chi connectivity index (χ1v) is 9.69. The summed E-state index contributed by atoms with van der Waals surface area (Å²) >= 11 is 0. The van der Waals surface area contributed by atoms with E-state index in [1.54, 1.807) is 6.33 Å². The summed E-state index contributed by atoms with van der Waals surface area (Å²) in [6, 6.07) is 18.6. The second-order valence-corrected chi connectivity index (χ2v) is 6.80.